The first-order valence-corrected chi connectivity index (χ1v) is 6.51. The van der Waals surface area contributed by atoms with Crippen LogP contribution in [-0.4, -0.2) is 55.8 Å². The maximum atomic E-state index is 11.9. The van der Waals surface area contributed by atoms with Crippen LogP contribution in [0.25, 0.3) is 0 Å². The fourth-order valence-electron chi connectivity index (χ4n) is 1.66. The number of anilines is 1. The van der Waals surface area contributed by atoms with Crippen LogP contribution in [0.5, 0.6) is 0 Å². The highest BCUT2D eigenvalue weighted by molar-refractivity contribution is 5.93. The molecule has 1 aromatic rings. The van der Waals surface area contributed by atoms with Crippen molar-refractivity contribution in [1.29, 1.82) is 0 Å². The highest BCUT2D eigenvalue weighted by Crippen LogP contribution is 2.10. The van der Waals surface area contributed by atoms with Crippen LogP contribution >= 0.6 is 0 Å². The third kappa shape index (κ3) is 5.32. The largest absolute Gasteiger partial charge is 0.397 e. The molecule has 0 radical (unpaired) electrons. The summed E-state index contributed by atoms with van der Waals surface area (Å²) in [5.74, 6) is -0.116. The minimum absolute atomic E-state index is 0.116. The SMILES string of the molecule is CCn1cc(N)cc1C(=O)NCCOCCN(C)C. The molecule has 0 aliphatic carbocycles. The van der Waals surface area contributed by atoms with Crippen LogP contribution in [0.3, 0.4) is 0 Å². The van der Waals surface area contributed by atoms with Crippen molar-refractivity contribution in [3.05, 3.63) is 18.0 Å². The molecule has 0 unspecified atom stereocenters. The van der Waals surface area contributed by atoms with Gasteiger partial charge >= 0.3 is 0 Å². The molecule has 0 fully saturated rings. The van der Waals surface area contributed by atoms with E-state index in [1.807, 2.05) is 25.6 Å². The third-order valence-corrected chi connectivity index (χ3v) is 2.71. The summed E-state index contributed by atoms with van der Waals surface area (Å²) in [4.78, 5) is 14.0. The van der Waals surface area contributed by atoms with Crippen LogP contribution in [0.15, 0.2) is 12.3 Å². The Morgan fingerprint density at radius 2 is 2.21 bits per heavy atom. The standard InChI is InChI=1S/C13H24N4O2/c1-4-17-10-11(14)9-12(17)13(18)15-5-7-19-8-6-16(2)3/h9-10H,4-8,14H2,1-3H3,(H,15,18). The number of aromatic nitrogens is 1. The quantitative estimate of drug-likeness (QED) is 0.669. The molecule has 0 aromatic carbocycles. The van der Waals surface area contributed by atoms with E-state index in [1.54, 1.807) is 12.3 Å². The van der Waals surface area contributed by atoms with Gasteiger partial charge in [-0.3, -0.25) is 4.79 Å². The number of hydrogen-bond acceptors (Lipinski definition) is 4. The lowest BCUT2D eigenvalue weighted by atomic mass is 10.4. The number of aryl methyl sites for hydroxylation is 1. The number of carbonyl (C=O) groups is 1. The van der Waals surface area contributed by atoms with E-state index in [0.717, 1.165) is 13.1 Å². The van der Waals surface area contributed by atoms with Gasteiger partial charge in [0.1, 0.15) is 5.69 Å². The van der Waals surface area contributed by atoms with Gasteiger partial charge in [-0.15, -0.1) is 0 Å². The lowest BCUT2D eigenvalue weighted by Gasteiger charge is -2.10. The zero-order valence-corrected chi connectivity index (χ0v) is 12.0. The number of nitrogens with zero attached hydrogens (tertiary/aromatic N) is 2. The Balaban J connectivity index is 2.27. The Hall–Kier alpha value is -1.53. The van der Waals surface area contributed by atoms with Crippen LogP contribution < -0.4 is 11.1 Å². The lowest BCUT2D eigenvalue weighted by Crippen LogP contribution is -2.29. The van der Waals surface area contributed by atoms with Crippen molar-refractivity contribution in [2.75, 3.05) is 46.1 Å². The van der Waals surface area contributed by atoms with E-state index in [9.17, 15) is 4.79 Å². The molecule has 1 aromatic heterocycles. The Labute approximate surface area is 114 Å². The van der Waals surface area contributed by atoms with Gasteiger partial charge in [-0.1, -0.05) is 0 Å². The van der Waals surface area contributed by atoms with E-state index in [-0.39, 0.29) is 5.91 Å². The molecule has 1 amide bonds. The number of rotatable bonds is 8. The molecule has 6 heteroatoms. The summed E-state index contributed by atoms with van der Waals surface area (Å²) < 4.78 is 7.24. The molecule has 0 atom stereocenters. The van der Waals surface area contributed by atoms with Crippen molar-refractivity contribution < 1.29 is 9.53 Å². The Kier molecular flexibility index (Phi) is 6.38. The average Bonchev–Trinajstić information content (AvgIpc) is 2.74. The number of ether oxygens (including phenoxy) is 1. The number of nitrogen functional groups attached to an aromatic ring is 1. The second-order valence-electron chi connectivity index (χ2n) is 4.62. The summed E-state index contributed by atoms with van der Waals surface area (Å²) in [6.45, 7) is 5.26. The van der Waals surface area contributed by atoms with Crippen molar-refractivity contribution in [3.63, 3.8) is 0 Å². The second-order valence-corrected chi connectivity index (χ2v) is 4.62. The number of likely N-dealkylation sites (N-methyl/N-ethyl adjacent to an activating group) is 1. The lowest BCUT2D eigenvalue weighted by molar-refractivity contribution is 0.0892. The molecule has 6 nitrogen and oxygen atoms in total. The van der Waals surface area contributed by atoms with Gasteiger partial charge in [-0.05, 0) is 27.1 Å². The zero-order chi connectivity index (χ0) is 14.3. The predicted molar refractivity (Wildman–Crippen MR) is 76.2 cm³/mol. The summed E-state index contributed by atoms with van der Waals surface area (Å²) >= 11 is 0. The van der Waals surface area contributed by atoms with Crippen molar-refractivity contribution in [2.24, 2.45) is 0 Å². The molecular formula is C13H24N4O2. The summed E-state index contributed by atoms with van der Waals surface area (Å²) in [5, 5.41) is 2.82. The first-order valence-electron chi connectivity index (χ1n) is 6.51. The van der Waals surface area contributed by atoms with Crippen LogP contribution in [0.1, 0.15) is 17.4 Å². The van der Waals surface area contributed by atoms with Gasteiger partial charge < -0.3 is 25.3 Å². The molecule has 0 aliphatic heterocycles. The minimum atomic E-state index is -0.116. The maximum absolute atomic E-state index is 11.9. The topological polar surface area (TPSA) is 72.5 Å². The summed E-state index contributed by atoms with van der Waals surface area (Å²) in [6.07, 6.45) is 1.77. The van der Waals surface area contributed by atoms with Crippen LogP contribution in [0.2, 0.25) is 0 Å². The Morgan fingerprint density at radius 1 is 1.47 bits per heavy atom. The van der Waals surface area contributed by atoms with E-state index in [1.165, 1.54) is 0 Å². The fraction of sp³-hybridized carbons (Fsp3) is 0.615. The highest BCUT2D eigenvalue weighted by atomic mass is 16.5. The molecule has 3 N–H and O–H groups in total. The van der Waals surface area contributed by atoms with E-state index in [4.69, 9.17) is 10.5 Å². The van der Waals surface area contributed by atoms with Gasteiger partial charge in [-0.2, -0.15) is 0 Å². The minimum Gasteiger partial charge on any atom is -0.397 e. The van der Waals surface area contributed by atoms with E-state index >= 15 is 0 Å². The first-order chi connectivity index (χ1) is 9.04. The van der Waals surface area contributed by atoms with Gasteiger partial charge in [-0.25, -0.2) is 0 Å². The predicted octanol–water partition coefficient (Wildman–Crippen LogP) is 0.398. The van der Waals surface area contributed by atoms with E-state index < -0.39 is 0 Å². The second kappa shape index (κ2) is 7.81. The van der Waals surface area contributed by atoms with Gasteiger partial charge in [0.05, 0.1) is 18.9 Å². The third-order valence-electron chi connectivity index (χ3n) is 2.71. The van der Waals surface area contributed by atoms with Gasteiger partial charge in [0.25, 0.3) is 5.91 Å². The van der Waals surface area contributed by atoms with E-state index in [0.29, 0.717) is 31.1 Å². The zero-order valence-electron chi connectivity index (χ0n) is 12.0. The van der Waals surface area contributed by atoms with Gasteiger partial charge in [0.2, 0.25) is 0 Å². The molecule has 19 heavy (non-hydrogen) atoms. The van der Waals surface area contributed by atoms with Gasteiger partial charge in [0.15, 0.2) is 0 Å². The van der Waals surface area contributed by atoms with Crippen LogP contribution in [0.4, 0.5) is 5.69 Å². The molecule has 0 aliphatic rings. The monoisotopic (exact) mass is 268 g/mol. The molecule has 0 spiro atoms. The Morgan fingerprint density at radius 3 is 2.84 bits per heavy atom. The van der Waals surface area contributed by atoms with E-state index in [2.05, 4.69) is 10.2 Å². The molecule has 1 heterocycles. The first kappa shape index (κ1) is 15.5. The number of nitrogens with two attached hydrogens (primary N) is 1. The average molecular weight is 268 g/mol. The van der Waals surface area contributed by atoms with Crippen molar-refractivity contribution in [3.8, 4) is 0 Å². The summed E-state index contributed by atoms with van der Waals surface area (Å²) in [7, 11) is 3.99. The highest BCUT2D eigenvalue weighted by Gasteiger charge is 2.11. The number of hydrogen-bond donors (Lipinski definition) is 2. The molecule has 1 rings (SSSR count). The van der Waals surface area contributed by atoms with Crippen LogP contribution in [-0.2, 0) is 11.3 Å². The van der Waals surface area contributed by atoms with Crippen LogP contribution in [0, 0.1) is 0 Å². The van der Waals surface area contributed by atoms with Crippen molar-refractivity contribution >= 4 is 11.6 Å². The molecule has 0 saturated heterocycles. The molecule has 0 bridgehead atoms. The molecule has 108 valence electrons. The summed E-state index contributed by atoms with van der Waals surface area (Å²) in [6, 6.07) is 1.69. The number of nitrogens with one attached hydrogen (secondary N) is 1. The van der Waals surface area contributed by atoms with Crippen molar-refractivity contribution in [1.82, 2.24) is 14.8 Å². The normalized spacial score (nSPS) is 10.9. The van der Waals surface area contributed by atoms with Crippen molar-refractivity contribution in [2.45, 2.75) is 13.5 Å². The number of amides is 1. The summed E-state index contributed by atoms with van der Waals surface area (Å²) in [5.41, 5.74) is 6.88. The maximum Gasteiger partial charge on any atom is 0.268 e. The molecular weight excluding hydrogens is 244 g/mol. The molecule has 0 saturated carbocycles. The Bertz CT molecular complexity index is 401. The smallest absolute Gasteiger partial charge is 0.268 e. The van der Waals surface area contributed by atoms with Gasteiger partial charge in [0, 0.05) is 25.8 Å². The fourth-order valence-corrected chi connectivity index (χ4v) is 1.66. The number of carbonyl (C=O) groups excluding carboxylic acids is 1.